The Hall–Kier alpha value is -1.74. The van der Waals surface area contributed by atoms with Gasteiger partial charge in [-0.3, -0.25) is 9.89 Å². The summed E-state index contributed by atoms with van der Waals surface area (Å²) in [5.74, 6) is 0.961. The summed E-state index contributed by atoms with van der Waals surface area (Å²) in [5.41, 5.74) is 2.63. The van der Waals surface area contributed by atoms with Gasteiger partial charge in [-0.1, -0.05) is 18.2 Å². The first-order valence-electron chi connectivity index (χ1n) is 10.7. The smallest absolute Gasteiger partial charge is 0.193 e. The summed E-state index contributed by atoms with van der Waals surface area (Å²) in [4.78, 5) is 11.7. The topological polar surface area (TPSA) is 39.0 Å². The summed E-state index contributed by atoms with van der Waals surface area (Å²) in [6.45, 7) is 7.57. The molecule has 0 bridgehead atoms. The van der Waals surface area contributed by atoms with Crippen molar-refractivity contribution in [1.29, 1.82) is 0 Å². The number of halogens is 1. The van der Waals surface area contributed by atoms with Crippen molar-refractivity contribution >= 4 is 35.6 Å². The van der Waals surface area contributed by atoms with Gasteiger partial charge in [-0.25, -0.2) is 0 Å². The fraction of sp³-hybridized carbons (Fsp3) is 0.522. The molecule has 0 aliphatic carbocycles. The molecule has 0 atom stereocenters. The van der Waals surface area contributed by atoms with Gasteiger partial charge in [0.05, 0.1) is 6.54 Å². The molecule has 0 radical (unpaired) electrons. The van der Waals surface area contributed by atoms with Crippen LogP contribution in [0.25, 0.3) is 0 Å². The summed E-state index contributed by atoms with van der Waals surface area (Å²) >= 11 is 0. The molecular formula is C23H37IN6. The van der Waals surface area contributed by atoms with Gasteiger partial charge in [0.15, 0.2) is 5.96 Å². The summed E-state index contributed by atoms with van der Waals surface area (Å²) in [5, 5.41) is 3.51. The first kappa shape index (κ1) is 24.5. The Kier molecular flexibility index (Phi) is 10.5. The molecule has 1 saturated heterocycles. The zero-order valence-electron chi connectivity index (χ0n) is 18.6. The predicted octanol–water partition coefficient (Wildman–Crippen LogP) is 3.25. The lowest BCUT2D eigenvalue weighted by molar-refractivity contribution is 0.253. The van der Waals surface area contributed by atoms with E-state index in [0.717, 1.165) is 51.6 Å². The minimum Gasteiger partial charge on any atom is -0.369 e. The number of rotatable bonds is 8. The highest BCUT2D eigenvalue weighted by Crippen LogP contribution is 2.15. The van der Waals surface area contributed by atoms with Crippen molar-refractivity contribution in [3.8, 4) is 0 Å². The van der Waals surface area contributed by atoms with Crippen molar-refractivity contribution in [2.24, 2.45) is 12.0 Å². The van der Waals surface area contributed by atoms with Crippen molar-refractivity contribution in [2.45, 2.75) is 19.4 Å². The molecule has 0 unspecified atom stereocenters. The van der Waals surface area contributed by atoms with Crippen molar-refractivity contribution in [3.05, 3.63) is 54.4 Å². The highest BCUT2D eigenvalue weighted by Gasteiger charge is 2.16. The van der Waals surface area contributed by atoms with Gasteiger partial charge in [0, 0.05) is 71.4 Å². The number of aromatic nitrogens is 1. The second kappa shape index (κ2) is 12.8. The molecule has 1 aromatic heterocycles. The number of para-hydroxylation sites is 1. The Labute approximate surface area is 199 Å². The molecule has 30 heavy (non-hydrogen) atoms. The van der Waals surface area contributed by atoms with Crippen molar-refractivity contribution in [2.75, 3.05) is 58.3 Å². The van der Waals surface area contributed by atoms with Crippen LogP contribution in [0.1, 0.15) is 18.5 Å². The predicted molar refractivity (Wildman–Crippen MR) is 138 cm³/mol. The third-order valence-electron chi connectivity index (χ3n) is 5.70. The number of aliphatic imine (C=N–C) groups is 1. The van der Waals surface area contributed by atoms with Crippen molar-refractivity contribution < 1.29 is 0 Å². The lowest BCUT2D eigenvalue weighted by Crippen LogP contribution is -2.46. The number of nitrogens with one attached hydrogen (secondary N) is 1. The Balaban J connectivity index is 0.00000320. The highest BCUT2D eigenvalue weighted by atomic mass is 127. The first-order valence-corrected chi connectivity index (χ1v) is 10.7. The highest BCUT2D eigenvalue weighted by molar-refractivity contribution is 14.0. The van der Waals surface area contributed by atoms with E-state index in [2.05, 4.69) is 92.3 Å². The van der Waals surface area contributed by atoms with Crippen LogP contribution in [-0.2, 0) is 13.6 Å². The van der Waals surface area contributed by atoms with Gasteiger partial charge in [0.1, 0.15) is 0 Å². The lowest BCUT2D eigenvalue weighted by Gasteiger charge is -2.36. The fourth-order valence-corrected chi connectivity index (χ4v) is 3.89. The van der Waals surface area contributed by atoms with Crippen LogP contribution < -0.4 is 10.2 Å². The Morgan fingerprint density at radius 2 is 1.77 bits per heavy atom. The molecular weight excluding hydrogens is 487 g/mol. The number of benzene rings is 1. The number of hydrogen-bond donors (Lipinski definition) is 1. The first-order chi connectivity index (χ1) is 14.2. The van der Waals surface area contributed by atoms with Crippen LogP contribution >= 0.6 is 24.0 Å². The van der Waals surface area contributed by atoms with Crippen LogP contribution in [0.5, 0.6) is 0 Å². The van der Waals surface area contributed by atoms with E-state index in [1.165, 1.54) is 24.3 Å². The van der Waals surface area contributed by atoms with Gasteiger partial charge in [-0.15, -0.1) is 24.0 Å². The maximum Gasteiger partial charge on any atom is 0.193 e. The SMILES string of the molecule is CN=C(NCCCCN1CCN(c2ccccc2)CC1)N(C)Cc1cccn1C.I. The average Bonchev–Trinajstić information content (AvgIpc) is 3.16. The summed E-state index contributed by atoms with van der Waals surface area (Å²) in [6, 6.07) is 15.0. The molecule has 1 aliphatic rings. The standard InChI is InChI=1S/C23H36N6.HI/c1-24-23(27(3)20-22-12-9-14-26(22)2)25-13-7-8-15-28-16-18-29(19-17-28)21-10-5-4-6-11-21;/h4-6,9-12,14H,7-8,13,15-20H2,1-3H3,(H,24,25);1H. The monoisotopic (exact) mass is 524 g/mol. The molecule has 2 aromatic rings. The van der Waals surface area contributed by atoms with Crippen LogP contribution in [0.2, 0.25) is 0 Å². The van der Waals surface area contributed by atoms with Crippen LogP contribution in [0.3, 0.4) is 0 Å². The molecule has 3 rings (SSSR count). The minimum atomic E-state index is 0. The molecule has 2 heterocycles. The van der Waals surface area contributed by atoms with Gasteiger partial charge in [-0.05, 0) is 43.7 Å². The average molecular weight is 524 g/mol. The van der Waals surface area contributed by atoms with E-state index in [4.69, 9.17) is 0 Å². The number of guanidine groups is 1. The van der Waals surface area contributed by atoms with Gasteiger partial charge in [-0.2, -0.15) is 0 Å². The van der Waals surface area contributed by atoms with E-state index in [1.54, 1.807) is 0 Å². The molecule has 1 fully saturated rings. The third kappa shape index (κ3) is 7.19. The van der Waals surface area contributed by atoms with Crippen LogP contribution in [0.15, 0.2) is 53.7 Å². The molecule has 0 saturated carbocycles. The van der Waals surface area contributed by atoms with Gasteiger partial charge in [0.25, 0.3) is 0 Å². The summed E-state index contributed by atoms with van der Waals surface area (Å²) < 4.78 is 2.15. The van der Waals surface area contributed by atoms with Gasteiger partial charge < -0.3 is 19.7 Å². The minimum absolute atomic E-state index is 0. The van der Waals surface area contributed by atoms with E-state index >= 15 is 0 Å². The zero-order chi connectivity index (χ0) is 20.5. The van der Waals surface area contributed by atoms with E-state index in [0.29, 0.717) is 0 Å². The quantitative estimate of drug-likeness (QED) is 0.249. The molecule has 1 aromatic carbocycles. The number of nitrogens with zero attached hydrogens (tertiary/aromatic N) is 5. The number of aryl methyl sites for hydroxylation is 1. The lowest BCUT2D eigenvalue weighted by atomic mass is 10.2. The Bertz CT molecular complexity index is 752. The molecule has 7 heteroatoms. The largest absolute Gasteiger partial charge is 0.369 e. The molecule has 6 nitrogen and oxygen atoms in total. The van der Waals surface area contributed by atoms with Crippen LogP contribution in [0, 0.1) is 0 Å². The van der Waals surface area contributed by atoms with E-state index in [9.17, 15) is 0 Å². The molecule has 0 spiro atoms. The van der Waals surface area contributed by atoms with Crippen LogP contribution in [0.4, 0.5) is 5.69 Å². The number of anilines is 1. The van der Waals surface area contributed by atoms with E-state index < -0.39 is 0 Å². The fourth-order valence-electron chi connectivity index (χ4n) is 3.89. The maximum atomic E-state index is 4.43. The third-order valence-corrected chi connectivity index (χ3v) is 5.70. The summed E-state index contributed by atoms with van der Waals surface area (Å²) in [7, 11) is 6.03. The molecule has 0 amide bonds. The van der Waals surface area contributed by atoms with Crippen molar-refractivity contribution in [1.82, 2.24) is 19.7 Å². The second-order valence-electron chi connectivity index (χ2n) is 7.81. The number of hydrogen-bond acceptors (Lipinski definition) is 3. The van der Waals surface area contributed by atoms with Crippen LogP contribution in [-0.4, -0.2) is 73.7 Å². The molecule has 1 aliphatic heterocycles. The van der Waals surface area contributed by atoms with E-state index in [1.807, 2.05) is 7.05 Å². The van der Waals surface area contributed by atoms with Crippen molar-refractivity contribution in [3.63, 3.8) is 0 Å². The Morgan fingerprint density at radius 1 is 1.03 bits per heavy atom. The second-order valence-corrected chi connectivity index (χ2v) is 7.81. The normalized spacial score (nSPS) is 15.0. The Morgan fingerprint density at radius 3 is 2.40 bits per heavy atom. The number of unbranched alkanes of at least 4 members (excludes halogenated alkanes) is 1. The number of piperazine rings is 1. The van der Waals surface area contributed by atoms with Gasteiger partial charge >= 0.3 is 0 Å². The van der Waals surface area contributed by atoms with Gasteiger partial charge in [0.2, 0.25) is 0 Å². The maximum absolute atomic E-state index is 4.43. The van der Waals surface area contributed by atoms with E-state index in [-0.39, 0.29) is 24.0 Å². The summed E-state index contributed by atoms with van der Waals surface area (Å²) in [6.07, 6.45) is 4.46. The molecule has 1 N–H and O–H groups in total. The molecule has 166 valence electrons. The zero-order valence-corrected chi connectivity index (χ0v) is 21.0.